The van der Waals surface area contributed by atoms with E-state index in [0.717, 1.165) is 49.7 Å². The first-order valence-electron chi connectivity index (χ1n) is 8.46. The monoisotopic (exact) mass is 366 g/mol. The Morgan fingerprint density at radius 1 is 1.21 bits per heavy atom. The Morgan fingerprint density at radius 3 is 2.58 bits per heavy atom. The molecule has 0 aliphatic carbocycles. The number of hydrogen-bond acceptors (Lipinski definition) is 2. The van der Waals surface area contributed by atoms with Gasteiger partial charge in [0.05, 0.1) is 15.7 Å². The highest BCUT2D eigenvalue weighted by molar-refractivity contribution is 6.43. The summed E-state index contributed by atoms with van der Waals surface area (Å²) in [4.78, 5) is 4.91. The average molecular weight is 367 g/mol. The van der Waals surface area contributed by atoms with E-state index in [-0.39, 0.29) is 5.41 Å². The van der Waals surface area contributed by atoms with Crippen LogP contribution in [0.3, 0.4) is 0 Å². The van der Waals surface area contributed by atoms with Crippen LogP contribution < -0.4 is 0 Å². The van der Waals surface area contributed by atoms with Gasteiger partial charge >= 0.3 is 0 Å². The molecule has 0 saturated carbocycles. The number of aromatic nitrogens is 2. The highest BCUT2D eigenvalue weighted by atomic mass is 35.5. The third-order valence-corrected chi connectivity index (χ3v) is 5.29. The van der Waals surface area contributed by atoms with E-state index in [2.05, 4.69) is 31.5 Å². The van der Waals surface area contributed by atoms with Gasteiger partial charge in [0, 0.05) is 36.9 Å². The summed E-state index contributed by atoms with van der Waals surface area (Å²) in [5, 5.41) is 1.13. The average Bonchev–Trinajstić information content (AvgIpc) is 2.95. The summed E-state index contributed by atoms with van der Waals surface area (Å²) < 4.78 is 7.78. The maximum absolute atomic E-state index is 6.40. The lowest BCUT2D eigenvalue weighted by atomic mass is 9.94. The molecule has 130 valence electrons. The minimum atomic E-state index is -0.0333. The van der Waals surface area contributed by atoms with E-state index in [1.54, 1.807) is 6.07 Å². The van der Waals surface area contributed by atoms with Crippen LogP contribution in [-0.4, -0.2) is 22.8 Å². The van der Waals surface area contributed by atoms with Crippen molar-refractivity contribution in [3.63, 3.8) is 0 Å². The predicted molar refractivity (Wildman–Crippen MR) is 99.9 cm³/mol. The van der Waals surface area contributed by atoms with Crippen molar-refractivity contribution in [3.8, 4) is 11.3 Å². The molecule has 0 unspecified atom stereocenters. The number of hydrogen-bond donors (Lipinski definition) is 0. The maximum Gasteiger partial charge on any atom is 0.114 e. The van der Waals surface area contributed by atoms with Crippen molar-refractivity contribution in [2.75, 3.05) is 13.2 Å². The SMILES string of the molecule is CC(C)(C)c1nc(-c2cccc(Cl)c2Cl)cn1CC1CCOCC1. The number of halogens is 2. The van der Waals surface area contributed by atoms with Gasteiger partial charge < -0.3 is 9.30 Å². The van der Waals surface area contributed by atoms with Gasteiger partial charge in [0.2, 0.25) is 0 Å². The molecule has 1 aromatic heterocycles. The highest BCUT2D eigenvalue weighted by Crippen LogP contribution is 2.35. The van der Waals surface area contributed by atoms with Crippen molar-refractivity contribution in [1.29, 1.82) is 0 Å². The van der Waals surface area contributed by atoms with Gasteiger partial charge in [-0.1, -0.05) is 56.1 Å². The molecule has 1 aromatic carbocycles. The third-order valence-electron chi connectivity index (χ3n) is 4.47. The zero-order chi connectivity index (χ0) is 17.3. The van der Waals surface area contributed by atoms with E-state index in [9.17, 15) is 0 Å². The standard InChI is InChI=1S/C19H24Cl2N2O/c1-19(2,3)18-22-16(14-5-4-6-15(20)17(14)21)12-23(18)11-13-7-9-24-10-8-13/h4-6,12-13H,7-11H2,1-3H3. The Kier molecular flexibility index (Phi) is 5.24. The van der Waals surface area contributed by atoms with Gasteiger partial charge in [-0.15, -0.1) is 0 Å². The lowest BCUT2D eigenvalue weighted by Crippen LogP contribution is -2.24. The molecule has 3 nitrogen and oxygen atoms in total. The van der Waals surface area contributed by atoms with Gasteiger partial charge in [0.1, 0.15) is 5.82 Å². The lowest BCUT2D eigenvalue weighted by Gasteiger charge is -2.25. The first kappa shape index (κ1) is 17.8. The van der Waals surface area contributed by atoms with Gasteiger partial charge in [-0.3, -0.25) is 0 Å². The molecule has 1 aliphatic rings. The van der Waals surface area contributed by atoms with Crippen molar-refractivity contribution in [2.45, 2.75) is 45.6 Å². The molecule has 1 fully saturated rings. The second-order valence-electron chi connectivity index (χ2n) is 7.51. The zero-order valence-electron chi connectivity index (χ0n) is 14.5. The number of ether oxygens (including phenoxy) is 1. The smallest absolute Gasteiger partial charge is 0.114 e. The summed E-state index contributed by atoms with van der Waals surface area (Å²) in [6.07, 6.45) is 4.33. The van der Waals surface area contributed by atoms with Crippen LogP contribution >= 0.6 is 23.2 Å². The van der Waals surface area contributed by atoms with Crippen LogP contribution in [0.5, 0.6) is 0 Å². The maximum atomic E-state index is 6.40. The van der Waals surface area contributed by atoms with Gasteiger partial charge in [0.25, 0.3) is 0 Å². The number of imidazole rings is 1. The van der Waals surface area contributed by atoms with E-state index < -0.39 is 0 Å². The Morgan fingerprint density at radius 2 is 1.92 bits per heavy atom. The molecule has 0 radical (unpaired) electrons. The van der Waals surface area contributed by atoms with Crippen molar-refractivity contribution in [2.24, 2.45) is 5.92 Å². The molecule has 5 heteroatoms. The molecule has 0 N–H and O–H groups in total. The van der Waals surface area contributed by atoms with Crippen LogP contribution in [0, 0.1) is 5.92 Å². The Balaban J connectivity index is 1.98. The minimum absolute atomic E-state index is 0.0333. The molecule has 0 amide bonds. The molecule has 0 bridgehead atoms. The van der Waals surface area contributed by atoms with Gasteiger partial charge in [-0.2, -0.15) is 0 Å². The van der Waals surface area contributed by atoms with E-state index >= 15 is 0 Å². The summed E-state index contributed by atoms with van der Waals surface area (Å²) in [5.41, 5.74) is 1.74. The van der Waals surface area contributed by atoms with Crippen LogP contribution in [0.4, 0.5) is 0 Å². The van der Waals surface area contributed by atoms with Crippen LogP contribution in [0.2, 0.25) is 10.0 Å². The van der Waals surface area contributed by atoms with Gasteiger partial charge in [0.15, 0.2) is 0 Å². The quantitative estimate of drug-likeness (QED) is 0.708. The zero-order valence-corrected chi connectivity index (χ0v) is 16.0. The van der Waals surface area contributed by atoms with Crippen LogP contribution in [0.1, 0.15) is 39.4 Å². The molecular formula is C19H24Cl2N2O. The van der Waals surface area contributed by atoms with Crippen LogP contribution in [0.25, 0.3) is 11.3 Å². The second kappa shape index (κ2) is 7.07. The number of rotatable bonds is 3. The van der Waals surface area contributed by atoms with Gasteiger partial charge in [-0.05, 0) is 24.8 Å². The number of nitrogens with zero attached hydrogens (tertiary/aromatic N) is 2. The fraction of sp³-hybridized carbons (Fsp3) is 0.526. The summed E-state index contributed by atoms with van der Waals surface area (Å²) in [6, 6.07) is 5.69. The largest absolute Gasteiger partial charge is 0.381 e. The molecule has 3 rings (SSSR count). The molecule has 2 heterocycles. The van der Waals surface area contributed by atoms with Crippen LogP contribution in [-0.2, 0) is 16.7 Å². The lowest BCUT2D eigenvalue weighted by molar-refractivity contribution is 0.0608. The molecule has 2 aromatic rings. The first-order valence-corrected chi connectivity index (χ1v) is 9.21. The molecule has 24 heavy (non-hydrogen) atoms. The molecular weight excluding hydrogens is 343 g/mol. The predicted octanol–water partition coefficient (Wildman–Crippen LogP) is 5.58. The highest BCUT2D eigenvalue weighted by Gasteiger charge is 2.25. The van der Waals surface area contributed by atoms with Crippen LogP contribution in [0.15, 0.2) is 24.4 Å². The molecule has 0 atom stereocenters. The van der Waals surface area contributed by atoms with Crippen molar-refractivity contribution in [3.05, 3.63) is 40.3 Å². The molecule has 1 aliphatic heterocycles. The topological polar surface area (TPSA) is 27.1 Å². The normalized spacial score (nSPS) is 16.5. The summed E-state index contributed by atoms with van der Waals surface area (Å²) >= 11 is 12.6. The van der Waals surface area contributed by atoms with E-state index in [1.807, 2.05) is 12.1 Å². The third kappa shape index (κ3) is 3.79. The van der Waals surface area contributed by atoms with E-state index in [4.69, 9.17) is 32.9 Å². The fourth-order valence-electron chi connectivity index (χ4n) is 3.19. The Hall–Kier alpha value is -1.03. The summed E-state index contributed by atoms with van der Waals surface area (Å²) in [7, 11) is 0. The summed E-state index contributed by atoms with van der Waals surface area (Å²) in [5.74, 6) is 1.72. The summed E-state index contributed by atoms with van der Waals surface area (Å²) in [6.45, 7) is 9.27. The fourth-order valence-corrected chi connectivity index (χ4v) is 3.59. The van der Waals surface area contributed by atoms with Crippen molar-refractivity contribution < 1.29 is 4.74 Å². The second-order valence-corrected chi connectivity index (χ2v) is 8.29. The molecule has 1 saturated heterocycles. The van der Waals surface area contributed by atoms with Crippen molar-refractivity contribution >= 4 is 23.2 Å². The first-order chi connectivity index (χ1) is 11.4. The Labute approximate surface area is 153 Å². The Bertz CT molecular complexity index is 713. The minimum Gasteiger partial charge on any atom is -0.381 e. The number of benzene rings is 1. The van der Waals surface area contributed by atoms with Gasteiger partial charge in [-0.25, -0.2) is 4.98 Å². The molecule has 0 spiro atoms. The van der Waals surface area contributed by atoms with Crippen molar-refractivity contribution in [1.82, 2.24) is 9.55 Å². The van der Waals surface area contributed by atoms with E-state index in [1.165, 1.54) is 0 Å². The van der Waals surface area contributed by atoms with E-state index in [0.29, 0.717) is 16.0 Å².